The summed E-state index contributed by atoms with van der Waals surface area (Å²) in [4.78, 5) is 11.8. The van der Waals surface area contributed by atoms with Crippen molar-refractivity contribution < 1.29 is 9.53 Å². The van der Waals surface area contributed by atoms with Crippen molar-refractivity contribution in [2.24, 2.45) is 0 Å². The molecule has 0 saturated carbocycles. The fraction of sp³-hybridized carbons (Fsp3) is 0.417. The molecule has 0 saturated heterocycles. The second-order valence-corrected chi connectivity index (χ2v) is 4.39. The maximum atomic E-state index is 11.8. The van der Waals surface area contributed by atoms with E-state index in [1.807, 2.05) is 6.92 Å². The first-order valence-corrected chi connectivity index (χ1v) is 5.82. The minimum atomic E-state index is -0.00333. The molecule has 4 heteroatoms. The number of ether oxygens (including phenoxy) is 1. The van der Waals surface area contributed by atoms with Gasteiger partial charge in [-0.3, -0.25) is 4.79 Å². The minimum Gasteiger partial charge on any atom is -0.382 e. The molecule has 0 aliphatic rings. The van der Waals surface area contributed by atoms with Crippen molar-refractivity contribution in [2.75, 3.05) is 7.11 Å². The molecule has 16 heavy (non-hydrogen) atoms. The lowest BCUT2D eigenvalue weighted by Gasteiger charge is -2.09. The number of ketones is 1. The van der Waals surface area contributed by atoms with Crippen LogP contribution in [-0.4, -0.2) is 19.0 Å². The molecule has 0 heterocycles. The molecule has 1 aromatic carbocycles. The number of carbonyl (C=O) groups is 1. The zero-order valence-electron chi connectivity index (χ0n) is 9.30. The Morgan fingerprint density at radius 3 is 2.75 bits per heavy atom. The van der Waals surface area contributed by atoms with Crippen LogP contribution in [0.1, 0.15) is 30.1 Å². The van der Waals surface area contributed by atoms with E-state index < -0.39 is 0 Å². The third-order valence-electron chi connectivity index (χ3n) is 2.43. The third kappa shape index (κ3) is 3.48. The van der Waals surface area contributed by atoms with Gasteiger partial charge in [-0.25, -0.2) is 0 Å². The number of hydrogen-bond acceptors (Lipinski definition) is 2. The lowest BCUT2D eigenvalue weighted by molar-refractivity contribution is 0.0878. The molecular formula is C12H14Cl2O2. The predicted molar refractivity (Wildman–Crippen MR) is 66.5 cm³/mol. The fourth-order valence-electron chi connectivity index (χ4n) is 1.31. The van der Waals surface area contributed by atoms with E-state index in [0.29, 0.717) is 28.5 Å². The average molecular weight is 261 g/mol. The maximum absolute atomic E-state index is 11.8. The third-order valence-corrected chi connectivity index (χ3v) is 3.25. The Bertz CT molecular complexity index is 377. The number of Topliss-reactive ketones (excluding diaryl/α,β-unsaturated/α-hetero) is 1. The summed E-state index contributed by atoms with van der Waals surface area (Å²) in [6.07, 6.45) is 1.16. The molecule has 0 spiro atoms. The highest BCUT2D eigenvalue weighted by Crippen LogP contribution is 2.26. The summed E-state index contributed by atoms with van der Waals surface area (Å²) >= 11 is 11.8. The Morgan fingerprint density at radius 1 is 1.44 bits per heavy atom. The van der Waals surface area contributed by atoms with Crippen molar-refractivity contribution in [2.45, 2.75) is 25.9 Å². The van der Waals surface area contributed by atoms with Gasteiger partial charge >= 0.3 is 0 Å². The van der Waals surface area contributed by atoms with Crippen molar-refractivity contribution in [3.63, 3.8) is 0 Å². The van der Waals surface area contributed by atoms with Crippen molar-refractivity contribution in [3.05, 3.63) is 33.8 Å². The number of hydrogen-bond donors (Lipinski definition) is 0. The van der Waals surface area contributed by atoms with E-state index in [1.165, 1.54) is 0 Å². The molecular weight excluding hydrogens is 247 g/mol. The molecule has 1 rings (SSSR count). The summed E-state index contributed by atoms with van der Waals surface area (Å²) in [5.74, 6) is -0.00333. The van der Waals surface area contributed by atoms with Crippen LogP contribution in [0.3, 0.4) is 0 Å². The molecule has 0 aliphatic heterocycles. The van der Waals surface area contributed by atoms with Gasteiger partial charge in [0.25, 0.3) is 0 Å². The number of methoxy groups -OCH3 is 1. The number of carbonyl (C=O) groups excluding carboxylic acids is 1. The average Bonchev–Trinajstić information content (AvgIpc) is 2.29. The van der Waals surface area contributed by atoms with Crippen LogP contribution >= 0.6 is 23.2 Å². The van der Waals surface area contributed by atoms with Crippen LogP contribution in [0, 0.1) is 0 Å². The number of benzene rings is 1. The van der Waals surface area contributed by atoms with E-state index in [2.05, 4.69) is 0 Å². The van der Waals surface area contributed by atoms with Gasteiger partial charge in [0.1, 0.15) is 0 Å². The van der Waals surface area contributed by atoms with Gasteiger partial charge in [-0.15, -0.1) is 0 Å². The molecule has 2 nitrogen and oxygen atoms in total. The smallest absolute Gasteiger partial charge is 0.164 e. The van der Waals surface area contributed by atoms with Crippen LogP contribution in [0.2, 0.25) is 10.0 Å². The second-order valence-electron chi connectivity index (χ2n) is 3.61. The molecule has 0 N–H and O–H groups in total. The van der Waals surface area contributed by atoms with Crippen molar-refractivity contribution in [1.29, 1.82) is 0 Å². The topological polar surface area (TPSA) is 26.3 Å². The largest absolute Gasteiger partial charge is 0.382 e. The summed E-state index contributed by atoms with van der Waals surface area (Å²) < 4.78 is 5.08. The zero-order valence-corrected chi connectivity index (χ0v) is 10.8. The lowest BCUT2D eigenvalue weighted by Crippen LogP contribution is -2.09. The maximum Gasteiger partial charge on any atom is 0.164 e. The normalized spacial score (nSPS) is 12.5. The van der Waals surface area contributed by atoms with Gasteiger partial charge in [0.05, 0.1) is 16.1 Å². The van der Waals surface area contributed by atoms with E-state index in [0.717, 1.165) is 0 Å². The van der Waals surface area contributed by atoms with Gasteiger partial charge in [0.2, 0.25) is 0 Å². The Hall–Kier alpha value is -0.570. The molecule has 0 radical (unpaired) electrons. The van der Waals surface area contributed by atoms with Crippen LogP contribution in [-0.2, 0) is 4.74 Å². The van der Waals surface area contributed by atoms with E-state index in [-0.39, 0.29) is 11.9 Å². The molecule has 0 amide bonds. The fourth-order valence-corrected chi connectivity index (χ4v) is 1.71. The highest BCUT2D eigenvalue weighted by molar-refractivity contribution is 6.43. The van der Waals surface area contributed by atoms with Crippen molar-refractivity contribution in [1.82, 2.24) is 0 Å². The molecule has 0 aliphatic carbocycles. The first-order valence-electron chi connectivity index (χ1n) is 5.06. The Labute approximate surface area is 106 Å². The lowest BCUT2D eigenvalue weighted by atomic mass is 10.0. The molecule has 0 bridgehead atoms. The summed E-state index contributed by atoms with van der Waals surface area (Å²) in [7, 11) is 1.63. The zero-order chi connectivity index (χ0) is 12.1. The SMILES string of the molecule is COC(C)CCC(=O)c1cccc(Cl)c1Cl. The summed E-state index contributed by atoms with van der Waals surface area (Å²) in [6, 6.07) is 5.08. The molecule has 1 atom stereocenters. The molecule has 0 fully saturated rings. The van der Waals surface area contributed by atoms with Crippen LogP contribution in [0.4, 0.5) is 0 Å². The van der Waals surface area contributed by atoms with E-state index in [4.69, 9.17) is 27.9 Å². The van der Waals surface area contributed by atoms with Crippen molar-refractivity contribution >= 4 is 29.0 Å². The predicted octanol–water partition coefficient (Wildman–Crippen LogP) is 3.99. The Kier molecular flexibility index (Phi) is 5.26. The van der Waals surface area contributed by atoms with Gasteiger partial charge in [-0.1, -0.05) is 29.3 Å². The van der Waals surface area contributed by atoms with Gasteiger partial charge in [0.15, 0.2) is 5.78 Å². The van der Waals surface area contributed by atoms with Gasteiger partial charge in [-0.2, -0.15) is 0 Å². The molecule has 0 aromatic heterocycles. The highest BCUT2D eigenvalue weighted by Gasteiger charge is 2.13. The number of rotatable bonds is 5. The van der Waals surface area contributed by atoms with Crippen LogP contribution in [0.25, 0.3) is 0 Å². The van der Waals surface area contributed by atoms with Gasteiger partial charge in [0, 0.05) is 19.1 Å². The standard InChI is InChI=1S/C12H14Cl2O2/c1-8(16-2)6-7-11(15)9-4-3-5-10(13)12(9)14/h3-5,8H,6-7H2,1-2H3. The van der Waals surface area contributed by atoms with E-state index in [9.17, 15) is 4.79 Å². The summed E-state index contributed by atoms with van der Waals surface area (Å²) in [5, 5.41) is 0.742. The Balaban J connectivity index is 2.70. The summed E-state index contributed by atoms with van der Waals surface area (Å²) in [5.41, 5.74) is 0.484. The number of halogens is 2. The van der Waals surface area contributed by atoms with Gasteiger partial charge in [-0.05, 0) is 25.5 Å². The Morgan fingerprint density at radius 2 is 2.12 bits per heavy atom. The van der Waals surface area contributed by atoms with E-state index in [1.54, 1.807) is 25.3 Å². The minimum absolute atomic E-state index is 0.00333. The van der Waals surface area contributed by atoms with Crippen LogP contribution < -0.4 is 0 Å². The molecule has 88 valence electrons. The monoisotopic (exact) mass is 260 g/mol. The second kappa shape index (κ2) is 6.24. The first-order chi connectivity index (χ1) is 7.56. The van der Waals surface area contributed by atoms with Crippen LogP contribution in [0.5, 0.6) is 0 Å². The van der Waals surface area contributed by atoms with Gasteiger partial charge < -0.3 is 4.74 Å². The molecule has 1 aromatic rings. The molecule has 1 unspecified atom stereocenters. The quantitative estimate of drug-likeness (QED) is 0.749. The van der Waals surface area contributed by atoms with E-state index >= 15 is 0 Å². The van der Waals surface area contributed by atoms with Crippen molar-refractivity contribution in [3.8, 4) is 0 Å². The highest BCUT2D eigenvalue weighted by atomic mass is 35.5. The summed E-state index contributed by atoms with van der Waals surface area (Å²) in [6.45, 7) is 1.92. The first kappa shape index (κ1) is 13.5. The van der Waals surface area contributed by atoms with Crippen LogP contribution in [0.15, 0.2) is 18.2 Å².